The maximum absolute atomic E-state index is 12.9. The molecular formula is C22H18INO4. The molecular weight excluding hydrogens is 469 g/mol. The molecule has 1 amide bonds. The van der Waals surface area contributed by atoms with Crippen LogP contribution in [0, 0.1) is 3.57 Å². The molecule has 0 aromatic heterocycles. The number of esters is 1. The van der Waals surface area contributed by atoms with Crippen molar-refractivity contribution < 1.29 is 19.1 Å². The summed E-state index contributed by atoms with van der Waals surface area (Å²) in [4.78, 5) is 25.6. The van der Waals surface area contributed by atoms with Crippen molar-refractivity contribution in [2.24, 2.45) is 0 Å². The van der Waals surface area contributed by atoms with Crippen LogP contribution in [0.3, 0.4) is 0 Å². The average molecular weight is 487 g/mol. The molecule has 1 atom stereocenters. The van der Waals surface area contributed by atoms with Crippen LogP contribution >= 0.6 is 22.6 Å². The summed E-state index contributed by atoms with van der Waals surface area (Å²) in [5.41, 5.74) is 1.55. The molecule has 3 rings (SSSR count). The number of rotatable bonds is 6. The second-order valence-electron chi connectivity index (χ2n) is 5.90. The molecule has 5 nitrogen and oxygen atoms in total. The third-order valence-electron chi connectivity index (χ3n) is 4.00. The first kappa shape index (κ1) is 19.9. The van der Waals surface area contributed by atoms with Crippen LogP contribution in [0.15, 0.2) is 78.9 Å². The van der Waals surface area contributed by atoms with Gasteiger partial charge in [0.25, 0.3) is 5.91 Å². The van der Waals surface area contributed by atoms with Crippen LogP contribution in [-0.4, -0.2) is 19.0 Å². The normalized spacial score (nSPS) is 11.4. The molecule has 3 aromatic rings. The predicted molar refractivity (Wildman–Crippen MR) is 115 cm³/mol. The van der Waals surface area contributed by atoms with Gasteiger partial charge in [-0.05, 0) is 46.9 Å². The second-order valence-corrected chi connectivity index (χ2v) is 7.06. The molecule has 0 aliphatic heterocycles. The number of nitrogens with one attached hydrogen (secondary N) is 1. The summed E-state index contributed by atoms with van der Waals surface area (Å²) in [5.74, 6) is -0.386. The predicted octanol–water partition coefficient (Wildman–Crippen LogP) is 4.84. The fraction of sp³-hybridized carbons (Fsp3) is 0.0909. The third kappa shape index (κ3) is 4.89. The van der Waals surface area contributed by atoms with Crippen LogP contribution in [0.2, 0.25) is 0 Å². The van der Waals surface area contributed by atoms with Crippen LogP contribution in [0.5, 0.6) is 5.75 Å². The zero-order valence-corrected chi connectivity index (χ0v) is 17.3. The van der Waals surface area contributed by atoms with E-state index in [1.807, 2.05) is 18.2 Å². The van der Waals surface area contributed by atoms with Crippen LogP contribution in [0.4, 0.5) is 5.69 Å². The molecule has 0 unspecified atom stereocenters. The molecule has 0 heterocycles. The molecule has 0 aliphatic carbocycles. The van der Waals surface area contributed by atoms with Gasteiger partial charge in [0.2, 0.25) is 6.10 Å². The van der Waals surface area contributed by atoms with Crippen LogP contribution < -0.4 is 10.1 Å². The topological polar surface area (TPSA) is 64.6 Å². The maximum Gasteiger partial charge on any atom is 0.340 e. The zero-order chi connectivity index (χ0) is 19.9. The van der Waals surface area contributed by atoms with E-state index >= 15 is 0 Å². The largest absolute Gasteiger partial charge is 0.497 e. The van der Waals surface area contributed by atoms with Gasteiger partial charge in [-0.1, -0.05) is 48.5 Å². The van der Waals surface area contributed by atoms with E-state index in [0.29, 0.717) is 22.6 Å². The molecule has 6 heteroatoms. The quantitative estimate of drug-likeness (QED) is 0.400. The van der Waals surface area contributed by atoms with E-state index in [-0.39, 0.29) is 0 Å². The van der Waals surface area contributed by atoms with Gasteiger partial charge in [0.15, 0.2) is 0 Å². The van der Waals surface area contributed by atoms with E-state index in [4.69, 9.17) is 9.47 Å². The first-order valence-electron chi connectivity index (χ1n) is 8.54. The highest BCUT2D eigenvalue weighted by molar-refractivity contribution is 14.1. The first-order valence-corrected chi connectivity index (χ1v) is 9.61. The lowest BCUT2D eigenvalue weighted by Crippen LogP contribution is -2.26. The van der Waals surface area contributed by atoms with Crippen molar-refractivity contribution in [3.8, 4) is 5.75 Å². The van der Waals surface area contributed by atoms with Gasteiger partial charge in [-0.25, -0.2) is 4.79 Å². The number of ether oxygens (including phenoxy) is 2. The molecule has 0 saturated carbocycles. The summed E-state index contributed by atoms with van der Waals surface area (Å²) in [6, 6.07) is 23.0. The van der Waals surface area contributed by atoms with Crippen molar-refractivity contribution in [2.75, 3.05) is 12.4 Å². The van der Waals surface area contributed by atoms with Gasteiger partial charge in [-0.2, -0.15) is 0 Å². The van der Waals surface area contributed by atoms with Crippen LogP contribution in [0.1, 0.15) is 22.0 Å². The monoisotopic (exact) mass is 487 g/mol. The number of halogens is 1. The minimum absolute atomic E-state index is 0.415. The molecule has 0 spiro atoms. The summed E-state index contributed by atoms with van der Waals surface area (Å²) in [6.07, 6.45) is -1.09. The van der Waals surface area contributed by atoms with Gasteiger partial charge in [-0.3, -0.25) is 4.79 Å². The van der Waals surface area contributed by atoms with E-state index in [1.165, 1.54) is 0 Å². The maximum atomic E-state index is 12.9. The lowest BCUT2D eigenvalue weighted by Gasteiger charge is -2.18. The van der Waals surface area contributed by atoms with Gasteiger partial charge in [0.05, 0.1) is 12.7 Å². The summed E-state index contributed by atoms with van der Waals surface area (Å²) < 4.78 is 11.5. The summed E-state index contributed by atoms with van der Waals surface area (Å²) in [5, 5.41) is 2.79. The highest BCUT2D eigenvalue weighted by Gasteiger charge is 2.26. The number of carbonyl (C=O) groups excluding carboxylic acids is 2. The lowest BCUT2D eigenvalue weighted by molar-refractivity contribution is -0.125. The van der Waals surface area contributed by atoms with Gasteiger partial charge in [-0.15, -0.1) is 0 Å². The first-order chi connectivity index (χ1) is 13.6. The Morgan fingerprint density at radius 3 is 2.36 bits per heavy atom. The Morgan fingerprint density at radius 1 is 0.929 bits per heavy atom. The van der Waals surface area contributed by atoms with Crippen molar-refractivity contribution in [3.63, 3.8) is 0 Å². The van der Waals surface area contributed by atoms with E-state index in [9.17, 15) is 9.59 Å². The van der Waals surface area contributed by atoms with Crippen molar-refractivity contribution in [3.05, 3.63) is 93.6 Å². The molecule has 3 aromatic carbocycles. The zero-order valence-electron chi connectivity index (χ0n) is 15.1. The highest BCUT2D eigenvalue weighted by atomic mass is 127. The summed E-state index contributed by atoms with van der Waals surface area (Å²) in [6.45, 7) is 0. The Labute approximate surface area is 176 Å². The fourth-order valence-electron chi connectivity index (χ4n) is 2.61. The van der Waals surface area contributed by atoms with Crippen LogP contribution in [0.25, 0.3) is 0 Å². The molecule has 1 N–H and O–H groups in total. The molecule has 0 fully saturated rings. The van der Waals surface area contributed by atoms with Gasteiger partial charge in [0, 0.05) is 20.9 Å². The number of amides is 1. The Hall–Kier alpha value is -2.87. The number of carbonyl (C=O) groups is 2. The lowest BCUT2D eigenvalue weighted by atomic mass is 10.1. The number of hydrogen-bond donors (Lipinski definition) is 1. The smallest absolute Gasteiger partial charge is 0.340 e. The molecule has 0 saturated heterocycles. The number of methoxy groups -OCH3 is 1. The summed E-state index contributed by atoms with van der Waals surface area (Å²) in [7, 11) is 1.55. The van der Waals surface area contributed by atoms with Crippen molar-refractivity contribution >= 4 is 40.2 Å². The number of benzene rings is 3. The Morgan fingerprint density at radius 2 is 1.64 bits per heavy atom. The molecule has 0 bridgehead atoms. The van der Waals surface area contributed by atoms with Crippen molar-refractivity contribution in [2.45, 2.75) is 6.10 Å². The van der Waals surface area contributed by atoms with Crippen molar-refractivity contribution in [1.29, 1.82) is 0 Å². The highest BCUT2D eigenvalue weighted by Crippen LogP contribution is 2.24. The van der Waals surface area contributed by atoms with Crippen molar-refractivity contribution in [1.82, 2.24) is 0 Å². The fourth-order valence-corrected chi connectivity index (χ4v) is 3.21. The number of anilines is 1. The minimum Gasteiger partial charge on any atom is -0.497 e. The Kier molecular flexibility index (Phi) is 6.65. The number of hydrogen-bond acceptors (Lipinski definition) is 4. The molecule has 28 heavy (non-hydrogen) atoms. The molecule has 0 radical (unpaired) electrons. The van der Waals surface area contributed by atoms with Gasteiger partial charge < -0.3 is 14.8 Å². The molecule has 0 aliphatic rings. The average Bonchev–Trinajstić information content (AvgIpc) is 2.73. The van der Waals surface area contributed by atoms with Gasteiger partial charge in [0.1, 0.15) is 5.75 Å². The SMILES string of the molecule is COc1cccc(NC(=O)[C@@H](OC(=O)c2ccccc2I)c2ccccc2)c1. The van der Waals surface area contributed by atoms with E-state index in [1.54, 1.807) is 67.8 Å². The Bertz CT molecular complexity index is 975. The minimum atomic E-state index is -1.09. The second kappa shape index (κ2) is 9.36. The van der Waals surface area contributed by atoms with E-state index < -0.39 is 18.0 Å². The van der Waals surface area contributed by atoms with Gasteiger partial charge >= 0.3 is 5.97 Å². The summed E-state index contributed by atoms with van der Waals surface area (Å²) >= 11 is 2.07. The van der Waals surface area contributed by atoms with E-state index in [2.05, 4.69) is 27.9 Å². The van der Waals surface area contributed by atoms with E-state index in [0.717, 1.165) is 3.57 Å². The Balaban J connectivity index is 1.86. The third-order valence-corrected chi connectivity index (χ3v) is 4.94. The van der Waals surface area contributed by atoms with Crippen LogP contribution in [-0.2, 0) is 9.53 Å². The standard InChI is InChI=1S/C22H18INO4/c1-27-17-11-7-10-16(14-17)24-21(25)20(15-8-3-2-4-9-15)28-22(26)18-12-5-6-13-19(18)23/h2-14,20H,1H3,(H,24,25)/t20-/m0/s1. The molecule has 142 valence electrons.